The third-order valence-electron chi connectivity index (χ3n) is 21.4. The Morgan fingerprint density at radius 1 is 0.553 bits per heavy atom. The summed E-state index contributed by atoms with van der Waals surface area (Å²) in [6.45, 7) is 19.3. The van der Waals surface area contributed by atoms with Crippen molar-refractivity contribution in [1.29, 1.82) is 0 Å². The van der Waals surface area contributed by atoms with Crippen LogP contribution >= 0.6 is 0 Å². The third-order valence-corrected chi connectivity index (χ3v) is 21.4. The van der Waals surface area contributed by atoms with Crippen LogP contribution in [0.1, 0.15) is 131 Å². The Morgan fingerprint density at radius 2 is 0.895 bits per heavy atom. The van der Waals surface area contributed by atoms with E-state index in [-0.39, 0.29) is 61.9 Å². The summed E-state index contributed by atoms with van der Waals surface area (Å²) in [4.78, 5) is 79.7. The number of hydrogen-bond acceptors (Lipinski definition) is 20. The normalized spacial score (nSPS) is 47.8. The van der Waals surface area contributed by atoms with Crippen LogP contribution in [0, 0.1) is 56.2 Å². The summed E-state index contributed by atoms with van der Waals surface area (Å²) < 4.78 is 57.8. The molecule has 2 aromatic heterocycles. The largest absolute Gasteiger partial charge is 0.472 e. The van der Waals surface area contributed by atoms with Crippen molar-refractivity contribution in [3.63, 3.8) is 0 Å². The fourth-order valence-electron chi connectivity index (χ4n) is 18.6. The van der Waals surface area contributed by atoms with Gasteiger partial charge in [-0.05, 0) is 66.5 Å². The number of Topliss-reactive ketones (excluding diaryl/α,β-unsaturated/α-hetero) is 2. The van der Waals surface area contributed by atoms with Crippen molar-refractivity contribution in [3.05, 3.63) is 48.3 Å². The van der Waals surface area contributed by atoms with Crippen LogP contribution in [0.3, 0.4) is 0 Å². The predicted molar refractivity (Wildman–Crippen MR) is 261 cm³/mol. The second kappa shape index (κ2) is 18.0. The predicted octanol–water partition coefficient (Wildman–Crippen LogP) is 4.71. The maximum atomic E-state index is 14.3. The van der Waals surface area contributed by atoms with Gasteiger partial charge in [0.2, 0.25) is 0 Å². The Hall–Kier alpha value is -4.54. The molecule has 2 aromatic rings. The monoisotopic (exact) mass is 1070 g/mol. The van der Waals surface area contributed by atoms with Gasteiger partial charge in [-0.1, -0.05) is 27.7 Å². The molecule has 0 unspecified atom stereocenters. The smallest absolute Gasteiger partial charge is 0.339 e. The molecule has 10 fully saturated rings. The first kappa shape index (κ1) is 56.2. The molecule has 4 saturated carbocycles. The number of aliphatic hydroxyl groups is 4. The van der Waals surface area contributed by atoms with Gasteiger partial charge in [-0.15, -0.1) is 0 Å². The lowest BCUT2D eigenvalue weighted by Crippen LogP contribution is -2.74. The van der Waals surface area contributed by atoms with E-state index in [2.05, 4.69) is 0 Å². The van der Waals surface area contributed by atoms with Crippen LogP contribution in [0.4, 0.5) is 0 Å². The van der Waals surface area contributed by atoms with Gasteiger partial charge in [-0.25, -0.2) is 9.59 Å². The molecular weight excluding hydrogens is 993 g/mol. The van der Waals surface area contributed by atoms with Crippen molar-refractivity contribution < 1.29 is 95.9 Å². The zero-order valence-electron chi connectivity index (χ0n) is 46.0. The Labute approximate surface area is 442 Å². The number of ketones is 2. The topological polar surface area (TPSA) is 290 Å². The number of furan rings is 2. The molecule has 4 aliphatic carbocycles. The number of fused-ring (bicyclic) bond motifs is 6. The molecule has 0 aromatic carbocycles. The Morgan fingerprint density at radius 3 is 1.20 bits per heavy atom. The van der Waals surface area contributed by atoms with Crippen molar-refractivity contribution in [2.75, 3.05) is 28.4 Å². The van der Waals surface area contributed by atoms with Crippen LogP contribution in [0.2, 0.25) is 0 Å². The highest BCUT2D eigenvalue weighted by molar-refractivity contribution is 5.94. The number of methoxy groups -OCH3 is 2. The van der Waals surface area contributed by atoms with Crippen molar-refractivity contribution in [2.24, 2.45) is 56.2 Å². The number of ether oxygens (including phenoxy) is 8. The summed E-state index contributed by atoms with van der Waals surface area (Å²) in [5.74, 6) is -3.65. The molecule has 8 heterocycles. The van der Waals surface area contributed by atoms with Gasteiger partial charge >= 0.3 is 23.9 Å². The van der Waals surface area contributed by atoms with Gasteiger partial charge in [0.25, 0.3) is 0 Å². The molecule has 76 heavy (non-hydrogen) atoms. The highest BCUT2D eigenvalue weighted by Crippen LogP contribution is 2.81. The van der Waals surface area contributed by atoms with E-state index in [0.717, 1.165) is 14.2 Å². The number of rotatable bonds is 6. The summed E-state index contributed by atoms with van der Waals surface area (Å²) in [5.41, 5.74) is -8.08. The van der Waals surface area contributed by atoms with Crippen molar-refractivity contribution >= 4 is 35.4 Å². The minimum absolute atomic E-state index is 0.00859. The first-order valence-electron chi connectivity index (χ1n) is 26.2. The first-order chi connectivity index (χ1) is 35.6. The van der Waals surface area contributed by atoms with Gasteiger partial charge in [0.1, 0.15) is 35.0 Å². The quantitative estimate of drug-likeness (QED) is 0.173. The van der Waals surface area contributed by atoms with E-state index in [4.69, 9.17) is 56.9 Å². The molecule has 0 bridgehead atoms. The van der Waals surface area contributed by atoms with Crippen LogP contribution in [0.15, 0.2) is 46.0 Å². The molecule has 0 radical (unpaired) electrons. The average molecular weight is 1070 g/mol. The number of carbonyl (C=O) groups excluding carboxylic acids is 6. The zero-order chi connectivity index (χ0) is 56.1. The van der Waals surface area contributed by atoms with E-state index >= 15 is 0 Å². The SMILES string of the molecule is CO.CO.COC(=O)C[C@H]1OC(C)(C)[C@@H]2CC(=O)[C@]3(C)[C@H]([C@@H](O)C[C@@]4(C)[C@H](c5ccoc5)OC(=O)[C@H]5O[C@]543)[C@@]12C.COC(=O)C[C@H]1OC(C)(C)[C@@H]2CC(=O)[C@]3(C)[C@H]([C@@H](O)C[C@@]4(C)[C@H](c5ccoc5)OC(=O)[C@H]5O[C@]543)[C@@]12C. The van der Waals surface area contributed by atoms with E-state index in [1.54, 1.807) is 12.1 Å². The minimum Gasteiger partial charge on any atom is -0.472 e. The molecule has 6 aliphatic heterocycles. The van der Waals surface area contributed by atoms with Gasteiger partial charge in [0.15, 0.2) is 12.2 Å². The van der Waals surface area contributed by atoms with E-state index < -0.39 is 139 Å². The second-order valence-electron chi connectivity index (χ2n) is 25.0. The average Bonchev–Trinajstić information content (AvgIpc) is 4.31. The van der Waals surface area contributed by atoms with Gasteiger partial charge in [0.05, 0.1) is 98.6 Å². The van der Waals surface area contributed by atoms with Crippen LogP contribution < -0.4 is 0 Å². The Bertz CT molecular complexity index is 2470. The molecule has 20 nitrogen and oxygen atoms in total. The fourth-order valence-corrected chi connectivity index (χ4v) is 18.6. The maximum absolute atomic E-state index is 14.3. The molecule has 20 atom stereocenters. The summed E-state index contributed by atoms with van der Waals surface area (Å²) in [5, 5.41) is 37.9. The Kier molecular flexibility index (Phi) is 13.3. The van der Waals surface area contributed by atoms with Crippen molar-refractivity contribution in [1.82, 2.24) is 0 Å². The van der Waals surface area contributed by atoms with Gasteiger partial charge < -0.3 is 67.2 Å². The molecule has 2 spiro atoms. The van der Waals surface area contributed by atoms with Crippen molar-refractivity contribution in [2.45, 2.75) is 179 Å². The minimum atomic E-state index is -1.21. The first-order valence-corrected chi connectivity index (χ1v) is 26.2. The lowest BCUT2D eigenvalue weighted by molar-refractivity contribution is -0.238. The van der Waals surface area contributed by atoms with Crippen LogP contribution in [-0.4, -0.2) is 143 Å². The highest BCUT2D eigenvalue weighted by atomic mass is 16.7. The fraction of sp³-hybridized carbons (Fsp3) is 0.750. The summed E-state index contributed by atoms with van der Waals surface area (Å²) in [6.07, 6.45) is 0.674. The Balaban J connectivity index is 0.000000174. The van der Waals surface area contributed by atoms with E-state index in [1.807, 2.05) is 69.2 Å². The molecule has 420 valence electrons. The number of hydrogen-bond donors (Lipinski definition) is 4. The van der Waals surface area contributed by atoms with Gasteiger partial charge in [0, 0.05) is 83.5 Å². The second-order valence-corrected chi connectivity index (χ2v) is 25.0. The number of epoxide rings is 2. The van der Waals surface area contributed by atoms with Gasteiger partial charge in [-0.3, -0.25) is 19.2 Å². The van der Waals surface area contributed by atoms with Gasteiger partial charge in [-0.2, -0.15) is 0 Å². The van der Waals surface area contributed by atoms with E-state index in [0.29, 0.717) is 11.1 Å². The summed E-state index contributed by atoms with van der Waals surface area (Å²) in [6, 6.07) is 3.47. The van der Waals surface area contributed by atoms with Crippen LogP contribution in [0.5, 0.6) is 0 Å². The lowest BCUT2D eigenvalue weighted by Gasteiger charge is -2.65. The number of esters is 4. The number of cyclic esters (lactones) is 2. The lowest BCUT2D eigenvalue weighted by atomic mass is 9.37. The van der Waals surface area contributed by atoms with Crippen molar-refractivity contribution in [3.8, 4) is 0 Å². The molecule has 12 rings (SSSR count). The third kappa shape index (κ3) is 6.76. The zero-order valence-corrected chi connectivity index (χ0v) is 46.0. The summed E-state index contributed by atoms with van der Waals surface area (Å²) in [7, 11) is 4.67. The molecule has 0 amide bonds. The highest BCUT2D eigenvalue weighted by Gasteiger charge is 2.92. The summed E-state index contributed by atoms with van der Waals surface area (Å²) >= 11 is 0. The van der Waals surface area contributed by atoms with E-state index in [9.17, 15) is 39.0 Å². The van der Waals surface area contributed by atoms with E-state index in [1.165, 1.54) is 39.3 Å². The number of aliphatic hydroxyl groups excluding tert-OH is 4. The maximum Gasteiger partial charge on any atom is 0.339 e. The molecule has 20 heteroatoms. The molecule has 6 saturated heterocycles. The molecular formula is C56H76O20. The number of carbonyl (C=O) groups is 6. The van der Waals surface area contributed by atoms with Crippen LogP contribution in [0.25, 0.3) is 0 Å². The molecule has 10 aliphatic rings. The standard InChI is InChI=1S/2C27H34O9.2CH4O/c2*1-23(2)15-9-16(29)26(5)19(25(15,4)17(35-23)10-18(30)32-6)14(28)11-24(3)20(13-7-8-33-12-13)34-22(31)21-27(24,26)36-21;2*1-2/h2*7-8,12,14-15,17,19-21,28H,9-11H2,1-6H3;2*2H,1H3/t2*14-,15-,17+,19+,20-,21+,24-,25+,26+,27+;;/m00../s1. The molecule has 4 N–H and O–H groups in total. The van der Waals surface area contributed by atoms with Crippen LogP contribution in [-0.2, 0) is 66.7 Å².